The smallest absolute Gasteiger partial charge is 0.260 e. The van der Waals surface area contributed by atoms with E-state index < -0.39 is 0 Å². The average Bonchev–Trinajstić information content (AvgIpc) is 3.28. The van der Waals surface area contributed by atoms with Crippen molar-refractivity contribution < 1.29 is 14.3 Å². The Balaban J connectivity index is 1.29. The first kappa shape index (κ1) is 24.9. The minimum Gasteiger partial charge on any atom is -0.483 e. The summed E-state index contributed by atoms with van der Waals surface area (Å²) in [5.74, 6) is 0.666. The van der Waals surface area contributed by atoms with Gasteiger partial charge in [0.15, 0.2) is 12.4 Å². The second-order valence-electron chi connectivity index (χ2n) is 8.26. The number of ketones is 1. The van der Waals surface area contributed by atoms with Crippen molar-refractivity contribution in [2.75, 3.05) is 19.7 Å². The first-order chi connectivity index (χ1) is 16.3. The molecule has 0 radical (unpaired) electrons. The lowest BCUT2D eigenvalue weighted by Gasteiger charge is -2.31. The lowest BCUT2D eigenvalue weighted by Crippen LogP contribution is -2.41. The molecule has 0 aliphatic carbocycles. The molecular weight excluding hydrogens is 588 g/mol. The van der Waals surface area contributed by atoms with E-state index in [1.54, 1.807) is 22.9 Å². The van der Waals surface area contributed by atoms with Gasteiger partial charge in [0.1, 0.15) is 5.75 Å². The molecule has 0 saturated carbocycles. The highest BCUT2D eigenvalue weighted by molar-refractivity contribution is 9.10. The number of benzene rings is 2. The van der Waals surface area contributed by atoms with Gasteiger partial charge in [-0.05, 0) is 84.4 Å². The zero-order valence-corrected chi connectivity index (χ0v) is 22.4. The fourth-order valence-corrected chi connectivity index (χ4v) is 4.94. The van der Waals surface area contributed by atoms with Crippen molar-refractivity contribution in [3.05, 3.63) is 67.8 Å². The number of carbonyl (C=O) groups excluding carboxylic acids is 2. The van der Waals surface area contributed by atoms with Crippen molar-refractivity contribution >= 4 is 55.2 Å². The van der Waals surface area contributed by atoms with E-state index in [0.29, 0.717) is 35.3 Å². The van der Waals surface area contributed by atoms with Crippen LogP contribution >= 0.6 is 43.5 Å². The van der Waals surface area contributed by atoms with Crippen molar-refractivity contribution in [3.8, 4) is 11.4 Å². The van der Waals surface area contributed by atoms with Crippen LogP contribution in [-0.4, -0.2) is 51.3 Å². The Morgan fingerprint density at radius 3 is 2.65 bits per heavy atom. The molecule has 178 valence electrons. The number of aromatic nitrogens is 3. The van der Waals surface area contributed by atoms with E-state index in [1.165, 1.54) is 6.92 Å². The summed E-state index contributed by atoms with van der Waals surface area (Å²) in [7, 11) is 0. The monoisotopic (exact) mass is 608 g/mol. The van der Waals surface area contributed by atoms with Gasteiger partial charge in [0.25, 0.3) is 5.91 Å². The Kier molecular flexibility index (Phi) is 8.06. The molecule has 1 amide bonds. The van der Waals surface area contributed by atoms with Crippen molar-refractivity contribution in [1.82, 2.24) is 19.9 Å². The molecular formula is C24H23Br2ClN4O3. The Morgan fingerprint density at radius 1 is 1.15 bits per heavy atom. The maximum absolute atomic E-state index is 12.7. The van der Waals surface area contributed by atoms with Crippen molar-refractivity contribution in [2.24, 2.45) is 5.92 Å². The number of piperidine rings is 1. The SMILES string of the molecule is CC(=O)c1cc(Br)ccc1OCC(=O)N1CCC(Cc2cn(-c3cc(Cl)ccc3Br)nn2)CC1. The van der Waals surface area contributed by atoms with Gasteiger partial charge in [-0.3, -0.25) is 9.59 Å². The van der Waals surface area contributed by atoms with Crippen LogP contribution in [0.1, 0.15) is 35.8 Å². The van der Waals surface area contributed by atoms with Crippen LogP contribution < -0.4 is 4.74 Å². The lowest BCUT2D eigenvalue weighted by molar-refractivity contribution is -0.134. The van der Waals surface area contributed by atoms with Crippen LogP contribution in [-0.2, 0) is 11.2 Å². The summed E-state index contributed by atoms with van der Waals surface area (Å²) >= 11 is 13.0. The van der Waals surface area contributed by atoms with Gasteiger partial charge in [-0.2, -0.15) is 0 Å². The van der Waals surface area contributed by atoms with Crippen LogP contribution in [0.15, 0.2) is 51.5 Å². The van der Waals surface area contributed by atoms with E-state index in [1.807, 2.05) is 29.3 Å². The Labute approximate surface area is 219 Å². The molecule has 0 unspecified atom stereocenters. The minimum atomic E-state index is -0.107. The van der Waals surface area contributed by atoms with Crippen molar-refractivity contribution in [2.45, 2.75) is 26.2 Å². The zero-order valence-electron chi connectivity index (χ0n) is 18.5. The summed E-state index contributed by atoms with van der Waals surface area (Å²) in [5, 5.41) is 9.20. The first-order valence-corrected chi connectivity index (χ1v) is 12.8. The number of Topliss-reactive ketones (excluding diaryl/α,β-unsaturated/α-hetero) is 1. The molecule has 7 nitrogen and oxygen atoms in total. The van der Waals surface area contributed by atoms with Crippen molar-refractivity contribution in [1.29, 1.82) is 0 Å². The van der Waals surface area contributed by atoms with E-state index in [-0.39, 0.29) is 18.3 Å². The van der Waals surface area contributed by atoms with Gasteiger partial charge in [-0.25, -0.2) is 4.68 Å². The molecule has 1 aromatic heterocycles. The number of hydrogen-bond acceptors (Lipinski definition) is 5. The van der Waals surface area contributed by atoms with E-state index in [4.69, 9.17) is 16.3 Å². The number of ether oxygens (including phenoxy) is 1. The van der Waals surface area contributed by atoms with Gasteiger partial charge in [0.05, 0.1) is 23.1 Å². The van der Waals surface area contributed by atoms with E-state index in [9.17, 15) is 9.59 Å². The van der Waals surface area contributed by atoms with Crippen LogP contribution in [0.4, 0.5) is 0 Å². The van der Waals surface area contributed by atoms with Crippen LogP contribution in [0.25, 0.3) is 5.69 Å². The third-order valence-electron chi connectivity index (χ3n) is 5.83. The average molecular weight is 611 g/mol. The van der Waals surface area contributed by atoms with E-state index in [0.717, 1.165) is 39.6 Å². The molecule has 2 heterocycles. The molecule has 34 heavy (non-hydrogen) atoms. The first-order valence-electron chi connectivity index (χ1n) is 10.9. The van der Waals surface area contributed by atoms with Gasteiger partial charge < -0.3 is 9.64 Å². The van der Waals surface area contributed by atoms with Crippen LogP contribution in [0.5, 0.6) is 5.75 Å². The van der Waals surface area contributed by atoms with Gasteiger partial charge in [-0.1, -0.05) is 32.7 Å². The molecule has 3 aromatic rings. The second kappa shape index (κ2) is 11.0. The van der Waals surface area contributed by atoms with Crippen LogP contribution in [0.3, 0.4) is 0 Å². The minimum absolute atomic E-state index is 0.0763. The quantitative estimate of drug-likeness (QED) is 0.330. The molecule has 0 N–H and O–H groups in total. The number of likely N-dealkylation sites (tertiary alicyclic amines) is 1. The highest BCUT2D eigenvalue weighted by Crippen LogP contribution is 2.26. The van der Waals surface area contributed by atoms with Gasteiger partial charge in [0.2, 0.25) is 0 Å². The summed E-state index contributed by atoms with van der Waals surface area (Å²) in [6.07, 6.45) is 4.50. The maximum Gasteiger partial charge on any atom is 0.260 e. The highest BCUT2D eigenvalue weighted by Gasteiger charge is 2.24. The molecule has 0 atom stereocenters. The van der Waals surface area contributed by atoms with Crippen LogP contribution in [0.2, 0.25) is 5.02 Å². The molecule has 4 rings (SSSR count). The molecule has 1 saturated heterocycles. The number of hydrogen-bond donors (Lipinski definition) is 0. The summed E-state index contributed by atoms with van der Waals surface area (Å²) in [4.78, 5) is 26.3. The molecule has 1 aliphatic heterocycles. The third-order valence-corrected chi connectivity index (χ3v) is 7.23. The third kappa shape index (κ3) is 6.06. The zero-order chi connectivity index (χ0) is 24.2. The second-order valence-corrected chi connectivity index (χ2v) is 10.5. The fourth-order valence-electron chi connectivity index (χ4n) is 3.99. The number of amides is 1. The highest BCUT2D eigenvalue weighted by atomic mass is 79.9. The summed E-state index contributed by atoms with van der Waals surface area (Å²) in [5.41, 5.74) is 2.20. The topological polar surface area (TPSA) is 77.3 Å². The molecule has 10 heteroatoms. The van der Waals surface area contributed by atoms with Gasteiger partial charge >= 0.3 is 0 Å². The largest absolute Gasteiger partial charge is 0.483 e. The fraction of sp³-hybridized carbons (Fsp3) is 0.333. The molecule has 1 aliphatic rings. The summed E-state index contributed by atoms with van der Waals surface area (Å²) in [6, 6.07) is 10.7. The summed E-state index contributed by atoms with van der Waals surface area (Å²) < 4.78 is 9.09. The number of nitrogens with zero attached hydrogens (tertiary/aromatic N) is 4. The maximum atomic E-state index is 12.7. The molecule has 0 spiro atoms. The standard InChI is InChI=1S/C24H23Br2ClN4O3/c1-15(32)20-11-17(25)2-5-23(20)34-14-24(33)30-8-6-16(7-9-30)10-19-13-31(29-28-19)22-12-18(27)3-4-21(22)26/h2-5,11-13,16H,6-10,14H2,1H3. The summed E-state index contributed by atoms with van der Waals surface area (Å²) in [6.45, 7) is 2.73. The predicted molar refractivity (Wildman–Crippen MR) is 137 cm³/mol. The lowest BCUT2D eigenvalue weighted by atomic mass is 9.92. The predicted octanol–water partition coefficient (Wildman–Crippen LogP) is 5.51. The normalized spacial score (nSPS) is 14.3. The molecule has 0 bridgehead atoms. The Morgan fingerprint density at radius 2 is 1.91 bits per heavy atom. The van der Waals surface area contributed by atoms with Gasteiger partial charge in [0, 0.05) is 27.1 Å². The number of rotatable bonds is 7. The molecule has 2 aromatic carbocycles. The Bertz CT molecular complexity index is 1210. The Hall–Kier alpha value is -2.23. The van der Waals surface area contributed by atoms with Crippen LogP contribution in [0, 0.1) is 5.92 Å². The number of carbonyl (C=O) groups is 2. The van der Waals surface area contributed by atoms with E-state index >= 15 is 0 Å². The number of halogens is 3. The van der Waals surface area contributed by atoms with Gasteiger partial charge in [-0.15, -0.1) is 5.10 Å². The van der Waals surface area contributed by atoms with Crippen molar-refractivity contribution in [3.63, 3.8) is 0 Å². The van der Waals surface area contributed by atoms with E-state index in [2.05, 4.69) is 42.2 Å². The molecule has 1 fully saturated rings.